The number of nitrogens with one attached hydrogen (secondary N) is 1. The van der Waals surface area contributed by atoms with Gasteiger partial charge in [-0.15, -0.1) is 11.3 Å². The fourth-order valence-corrected chi connectivity index (χ4v) is 4.57. The van der Waals surface area contributed by atoms with Gasteiger partial charge >= 0.3 is 5.97 Å². The summed E-state index contributed by atoms with van der Waals surface area (Å²) in [5, 5.41) is 3.71. The molecule has 196 valence electrons. The van der Waals surface area contributed by atoms with Gasteiger partial charge in [0.1, 0.15) is 5.01 Å². The smallest absolute Gasteiger partial charge is 0.338 e. The monoisotopic (exact) mass is 503 g/mol. The Morgan fingerprint density at radius 2 is 1.66 bits per heavy atom. The molecule has 0 aliphatic carbocycles. The van der Waals surface area contributed by atoms with E-state index >= 15 is 0 Å². The summed E-state index contributed by atoms with van der Waals surface area (Å²) < 4.78 is 4.93. The van der Waals surface area contributed by atoms with Crippen molar-refractivity contribution in [2.45, 2.75) is 79.7 Å². The predicted octanol–water partition coefficient (Wildman–Crippen LogP) is 6.38. The molecule has 1 aliphatic heterocycles. The number of ether oxygens (including phenoxy) is 1. The van der Waals surface area contributed by atoms with E-state index in [4.69, 9.17) is 4.74 Å². The van der Waals surface area contributed by atoms with E-state index in [1.54, 1.807) is 19.1 Å². The third-order valence-corrected chi connectivity index (χ3v) is 7.28. The molecular weight excluding hydrogens is 458 g/mol. The van der Waals surface area contributed by atoms with Crippen LogP contribution in [0.25, 0.3) is 10.6 Å². The molecule has 0 bridgehead atoms. The summed E-state index contributed by atoms with van der Waals surface area (Å²) in [6.45, 7) is 15.9. The molecule has 1 fully saturated rings. The van der Waals surface area contributed by atoms with Gasteiger partial charge in [-0.3, -0.25) is 4.79 Å². The van der Waals surface area contributed by atoms with E-state index in [2.05, 4.69) is 36.0 Å². The molecule has 1 aromatic carbocycles. The maximum Gasteiger partial charge on any atom is 0.338 e. The fourth-order valence-electron chi connectivity index (χ4n) is 3.60. The van der Waals surface area contributed by atoms with Crippen molar-refractivity contribution < 1.29 is 14.3 Å². The minimum absolute atomic E-state index is 0.0226. The number of carbonyl (C=O) groups excluding carboxylic acids is 2. The van der Waals surface area contributed by atoms with Crippen LogP contribution >= 0.6 is 11.3 Å². The highest BCUT2D eigenvalue weighted by atomic mass is 32.1. The summed E-state index contributed by atoms with van der Waals surface area (Å²) in [6.07, 6.45) is 7.05. The average Bonchev–Trinajstić information content (AvgIpc) is 3.07. The molecule has 0 radical (unpaired) electrons. The van der Waals surface area contributed by atoms with Crippen molar-refractivity contribution in [3.8, 4) is 10.6 Å². The molecule has 2 aromatic rings. The Morgan fingerprint density at radius 1 is 1.09 bits per heavy atom. The first-order chi connectivity index (χ1) is 16.8. The van der Waals surface area contributed by atoms with Crippen molar-refractivity contribution in [3.63, 3.8) is 0 Å². The van der Waals surface area contributed by atoms with E-state index < -0.39 is 0 Å². The molecular formula is C28H45N3O3S. The van der Waals surface area contributed by atoms with Gasteiger partial charge in [0.15, 0.2) is 5.78 Å². The van der Waals surface area contributed by atoms with Crippen LogP contribution in [0.1, 0.15) is 92.4 Å². The van der Waals surface area contributed by atoms with E-state index in [1.807, 2.05) is 26.1 Å². The minimum Gasteiger partial charge on any atom is -0.462 e. The summed E-state index contributed by atoms with van der Waals surface area (Å²) in [4.78, 5) is 30.7. The van der Waals surface area contributed by atoms with Crippen LogP contribution in [0.15, 0.2) is 24.3 Å². The standard InChI is InChI=1S/C15H15NO3S.C10H21N.C3H9N/c1-4-19-15(18)12-7-5-11(6-8-12)14-16-9(2)13(20-14)10(3)17;1-3-10(2)11-8-6-4-5-7-9-11;1-3-4-2/h5-8H,4H2,1-3H3;10H,3-9H2,1-2H3;4H,3H2,1-2H3. The quantitative estimate of drug-likeness (QED) is 0.349. The Kier molecular flexibility index (Phi) is 15.3. The lowest BCUT2D eigenvalue weighted by Gasteiger charge is -2.26. The summed E-state index contributed by atoms with van der Waals surface area (Å²) in [5.74, 6) is -0.312. The highest BCUT2D eigenvalue weighted by Gasteiger charge is 2.14. The van der Waals surface area contributed by atoms with Crippen LogP contribution in [0.2, 0.25) is 0 Å². The first kappa shape index (κ1) is 30.9. The molecule has 1 aromatic heterocycles. The van der Waals surface area contributed by atoms with Gasteiger partial charge in [0, 0.05) is 18.5 Å². The first-order valence-electron chi connectivity index (χ1n) is 12.9. The van der Waals surface area contributed by atoms with Gasteiger partial charge in [-0.2, -0.15) is 0 Å². The zero-order valence-corrected chi connectivity index (χ0v) is 23.6. The van der Waals surface area contributed by atoms with Crippen molar-refractivity contribution in [3.05, 3.63) is 40.4 Å². The molecule has 1 N–H and O–H groups in total. The summed E-state index contributed by atoms with van der Waals surface area (Å²) in [5.41, 5.74) is 2.14. The molecule has 3 rings (SSSR count). The van der Waals surface area contributed by atoms with Crippen LogP contribution in [-0.4, -0.2) is 61.0 Å². The number of thiazole rings is 1. The first-order valence-corrected chi connectivity index (χ1v) is 13.7. The summed E-state index contributed by atoms with van der Waals surface area (Å²) >= 11 is 1.37. The second kappa shape index (κ2) is 17.4. The molecule has 1 saturated heterocycles. The van der Waals surface area contributed by atoms with Crippen LogP contribution in [0.5, 0.6) is 0 Å². The number of likely N-dealkylation sites (tertiary alicyclic amines) is 1. The Balaban J connectivity index is 0.000000342. The largest absolute Gasteiger partial charge is 0.462 e. The van der Waals surface area contributed by atoms with Gasteiger partial charge < -0.3 is 15.0 Å². The zero-order chi connectivity index (χ0) is 26.2. The lowest BCUT2D eigenvalue weighted by Crippen LogP contribution is -2.33. The highest BCUT2D eigenvalue weighted by molar-refractivity contribution is 7.17. The molecule has 1 aliphatic rings. The van der Waals surface area contributed by atoms with Gasteiger partial charge in [0.25, 0.3) is 0 Å². The van der Waals surface area contributed by atoms with E-state index in [0.29, 0.717) is 17.0 Å². The van der Waals surface area contributed by atoms with E-state index in [9.17, 15) is 9.59 Å². The molecule has 35 heavy (non-hydrogen) atoms. The van der Waals surface area contributed by atoms with Crippen LogP contribution in [0.4, 0.5) is 0 Å². The van der Waals surface area contributed by atoms with Crippen LogP contribution < -0.4 is 5.32 Å². The third-order valence-electron chi connectivity index (χ3n) is 5.97. The predicted molar refractivity (Wildman–Crippen MR) is 148 cm³/mol. The maximum absolute atomic E-state index is 11.6. The average molecular weight is 504 g/mol. The number of nitrogens with zero attached hydrogens (tertiary/aromatic N) is 2. The SMILES string of the molecule is CCC(C)N1CCCCCC1.CCNC.CCOC(=O)c1ccc(-c2nc(C)c(C(C)=O)s2)cc1. The molecule has 1 unspecified atom stereocenters. The number of rotatable bonds is 7. The lowest BCUT2D eigenvalue weighted by molar-refractivity contribution is 0.0526. The Morgan fingerprint density at radius 3 is 2.09 bits per heavy atom. The second-order valence-corrected chi connectivity index (χ2v) is 9.70. The molecule has 7 heteroatoms. The molecule has 0 saturated carbocycles. The summed E-state index contributed by atoms with van der Waals surface area (Å²) in [7, 11) is 1.93. The Labute approximate surface area is 216 Å². The number of hydrogen-bond donors (Lipinski definition) is 1. The Bertz CT molecular complexity index is 870. The fraction of sp³-hybridized carbons (Fsp3) is 0.607. The highest BCUT2D eigenvalue weighted by Crippen LogP contribution is 2.28. The summed E-state index contributed by atoms with van der Waals surface area (Å²) in [6, 6.07) is 7.85. The van der Waals surface area contributed by atoms with Crippen molar-refractivity contribution in [2.24, 2.45) is 0 Å². The van der Waals surface area contributed by atoms with Gasteiger partial charge in [-0.25, -0.2) is 9.78 Å². The maximum atomic E-state index is 11.6. The number of esters is 1. The second-order valence-electron chi connectivity index (χ2n) is 8.70. The number of aromatic nitrogens is 1. The van der Waals surface area contributed by atoms with Crippen molar-refractivity contribution >= 4 is 23.1 Å². The lowest BCUT2D eigenvalue weighted by atomic mass is 10.1. The zero-order valence-electron chi connectivity index (χ0n) is 22.8. The van der Waals surface area contributed by atoms with Crippen LogP contribution in [0, 0.1) is 6.92 Å². The topological polar surface area (TPSA) is 71.5 Å². The van der Waals surface area contributed by atoms with Gasteiger partial charge in [0.05, 0.1) is 22.7 Å². The Hall–Kier alpha value is -2.09. The number of hydrogen-bond acceptors (Lipinski definition) is 7. The van der Waals surface area contributed by atoms with Gasteiger partial charge in [-0.05, 0) is 78.8 Å². The van der Waals surface area contributed by atoms with E-state index in [0.717, 1.165) is 28.9 Å². The van der Waals surface area contributed by atoms with Crippen molar-refractivity contribution in [2.75, 3.05) is 33.3 Å². The van der Waals surface area contributed by atoms with E-state index in [-0.39, 0.29) is 11.8 Å². The number of ketones is 1. The van der Waals surface area contributed by atoms with Gasteiger partial charge in [-0.1, -0.05) is 38.8 Å². The molecule has 0 spiro atoms. The number of benzene rings is 1. The van der Waals surface area contributed by atoms with Crippen molar-refractivity contribution in [1.29, 1.82) is 0 Å². The molecule has 6 nitrogen and oxygen atoms in total. The minimum atomic E-state index is -0.334. The molecule has 2 heterocycles. The number of Topliss-reactive ketones (excluding diaryl/α,β-unsaturated/α-hetero) is 1. The number of aryl methyl sites for hydroxylation is 1. The third kappa shape index (κ3) is 11.0. The molecule has 0 amide bonds. The normalized spacial score (nSPS) is 14.5. The van der Waals surface area contributed by atoms with Crippen LogP contribution in [-0.2, 0) is 4.74 Å². The van der Waals surface area contributed by atoms with Gasteiger partial charge in [0.2, 0.25) is 0 Å². The molecule has 1 atom stereocenters. The van der Waals surface area contributed by atoms with Crippen LogP contribution in [0.3, 0.4) is 0 Å². The number of carbonyl (C=O) groups is 2. The van der Waals surface area contributed by atoms with Crippen molar-refractivity contribution in [1.82, 2.24) is 15.2 Å². The van der Waals surface area contributed by atoms with E-state index in [1.165, 1.54) is 63.5 Å².